The van der Waals surface area contributed by atoms with Crippen molar-refractivity contribution in [3.05, 3.63) is 0 Å². The predicted molar refractivity (Wildman–Crippen MR) is 134 cm³/mol. The number of carbonyl (C=O) groups excluding carboxylic acids is 3. The van der Waals surface area contributed by atoms with Crippen molar-refractivity contribution in [2.45, 2.75) is 77.5 Å². The summed E-state index contributed by atoms with van der Waals surface area (Å²) in [6.07, 6.45) is 1.54. The van der Waals surface area contributed by atoms with Crippen LogP contribution >= 0.6 is 12.6 Å². The average Bonchev–Trinajstić information content (AvgIpc) is 2.75. The first-order valence-electron chi connectivity index (χ1n) is 11.4. The fourth-order valence-corrected chi connectivity index (χ4v) is 3.33. The van der Waals surface area contributed by atoms with E-state index in [-0.39, 0.29) is 36.5 Å². The smallest absolute Gasteiger partial charge is 0.326 e. The van der Waals surface area contributed by atoms with E-state index >= 15 is 0 Å². The van der Waals surface area contributed by atoms with Crippen LogP contribution in [0.3, 0.4) is 0 Å². The largest absolute Gasteiger partial charge is 0.480 e. The SMILES string of the molecule is CCC(C)C(NC(=O)C(CS)NC(=O)C(CCCN=C(N)N)NC(=O)C(N)CC(C)C)C(=O)O. The summed E-state index contributed by atoms with van der Waals surface area (Å²) >= 11 is 4.12. The number of hydrogen-bond acceptors (Lipinski definition) is 7. The van der Waals surface area contributed by atoms with Gasteiger partial charge in [-0.25, -0.2) is 4.79 Å². The first kappa shape index (κ1) is 31.5. The number of nitrogens with one attached hydrogen (secondary N) is 3. The molecule has 0 radical (unpaired) electrons. The molecule has 0 saturated heterocycles. The predicted octanol–water partition coefficient (Wildman–Crippen LogP) is -1.07. The maximum absolute atomic E-state index is 13.0. The van der Waals surface area contributed by atoms with Gasteiger partial charge in [-0.3, -0.25) is 19.4 Å². The Morgan fingerprint density at radius 3 is 2.00 bits per heavy atom. The molecule has 0 aliphatic rings. The van der Waals surface area contributed by atoms with Crippen LogP contribution in [0.5, 0.6) is 0 Å². The lowest BCUT2D eigenvalue weighted by atomic mass is 9.99. The van der Waals surface area contributed by atoms with Crippen molar-refractivity contribution >= 4 is 42.3 Å². The molecule has 5 atom stereocenters. The second kappa shape index (κ2) is 16.1. The molecule has 34 heavy (non-hydrogen) atoms. The molecule has 0 fully saturated rings. The Labute approximate surface area is 206 Å². The number of amides is 3. The molecule has 13 heteroatoms. The van der Waals surface area contributed by atoms with Crippen molar-refractivity contribution in [2.75, 3.05) is 12.3 Å². The number of carbonyl (C=O) groups is 4. The van der Waals surface area contributed by atoms with E-state index in [2.05, 4.69) is 33.6 Å². The number of aliphatic carboxylic acids is 1. The second-order valence-corrected chi connectivity index (χ2v) is 9.06. The van der Waals surface area contributed by atoms with Crippen LogP contribution in [-0.4, -0.2) is 71.2 Å². The van der Waals surface area contributed by atoms with Crippen molar-refractivity contribution in [1.82, 2.24) is 16.0 Å². The Balaban J connectivity index is 5.39. The molecule has 0 saturated carbocycles. The normalized spacial score (nSPS) is 15.4. The lowest BCUT2D eigenvalue weighted by Gasteiger charge is -2.26. The standard InChI is InChI=1S/C21H41N7O5S/c1-5-12(4)16(20(32)33)28-19(31)15(10-34)27-18(30)14(7-6-8-25-21(23)24)26-17(29)13(22)9-11(2)3/h11-16,34H,5-10,22H2,1-4H3,(H,26,29)(H,27,30)(H,28,31)(H,32,33)(H4,23,24,25). The van der Waals surface area contributed by atoms with Crippen LogP contribution in [0.2, 0.25) is 0 Å². The molecular formula is C21H41N7O5S. The maximum atomic E-state index is 13.0. The van der Waals surface area contributed by atoms with E-state index < -0.39 is 47.9 Å². The lowest BCUT2D eigenvalue weighted by molar-refractivity contribution is -0.143. The van der Waals surface area contributed by atoms with Gasteiger partial charge in [-0.15, -0.1) is 0 Å². The Morgan fingerprint density at radius 1 is 0.971 bits per heavy atom. The van der Waals surface area contributed by atoms with Gasteiger partial charge in [0.05, 0.1) is 6.04 Å². The Hall–Kier alpha value is -2.54. The maximum Gasteiger partial charge on any atom is 0.326 e. The highest BCUT2D eigenvalue weighted by molar-refractivity contribution is 7.80. The fourth-order valence-electron chi connectivity index (χ4n) is 3.07. The number of carboxylic acid groups (broad SMARTS) is 1. The Morgan fingerprint density at radius 2 is 1.53 bits per heavy atom. The topological polar surface area (TPSA) is 215 Å². The molecule has 0 bridgehead atoms. The van der Waals surface area contributed by atoms with Gasteiger partial charge in [-0.05, 0) is 31.1 Å². The van der Waals surface area contributed by atoms with Crippen LogP contribution < -0.4 is 33.2 Å². The number of rotatable bonds is 16. The summed E-state index contributed by atoms with van der Waals surface area (Å²) in [6, 6.07) is -4.02. The molecule has 0 rings (SSSR count). The first-order chi connectivity index (χ1) is 15.8. The van der Waals surface area contributed by atoms with E-state index in [1.165, 1.54) is 0 Å². The quantitative estimate of drug-likeness (QED) is 0.0560. The molecule has 0 aromatic carbocycles. The van der Waals surface area contributed by atoms with Gasteiger partial charge < -0.3 is 38.3 Å². The molecule has 196 valence electrons. The minimum atomic E-state index is -1.17. The molecular weight excluding hydrogens is 462 g/mol. The van der Waals surface area contributed by atoms with Gasteiger partial charge in [0, 0.05) is 12.3 Å². The van der Waals surface area contributed by atoms with Crippen LogP contribution in [0.25, 0.3) is 0 Å². The second-order valence-electron chi connectivity index (χ2n) is 8.70. The van der Waals surface area contributed by atoms with Gasteiger partial charge in [-0.1, -0.05) is 34.1 Å². The first-order valence-corrected chi connectivity index (χ1v) is 12.0. The highest BCUT2D eigenvalue weighted by atomic mass is 32.1. The van der Waals surface area contributed by atoms with E-state index in [9.17, 15) is 24.3 Å². The monoisotopic (exact) mass is 503 g/mol. The molecule has 5 unspecified atom stereocenters. The van der Waals surface area contributed by atoms with Gasteiger partial charge in [0.25, 0.3) is 0 Å². The van der Waals surface area contributed by atoms with Gasteiger partial charge in [0.15, 0.2) is 5.96 Å². The summed E-state index contributed by atoms with van der Waals surface area (Å²) in [5.41, 5.74) is 16.6. The third-order valence-electron chi connectivity index (χ3n) is 5.23. The minimum absolute atomic E-state index is 0.0774. The van der Waals surface area contributed by atoms with E-state index in [4.69, 9.17) is 17.2 Å². The molecule has 0 heterocycles. The minimum Gasteiger partial charge on any atom is -0.480 e. The summed E-state index contributed by atoms with van der Waals surface area (Å²) in [5, 5.41) is 17.0. The molecule has 12 nitrogen and oxygen atoms in total. The fraction of sp³-hybridized carbons (Fsp3) is 0.762. The number of nitrogens with two attached hydrogens (primary N) is 3. The zero-order valence-corrected chi connectivity index (χ0v) is 21.3. The van der Waals surface area contributed by atoms with Crippen molar-refractivity contribution in [3.8, 4) is 0 Å². The lowest BCUT2D eigenvalue weighted by Crippen LogP contribution is -2.58. The van der Waals surface area contributed by atoms with Crippen LogP contribution in [-0.2, 0) is 19.2 Å². The van der Waals surface area contributed by atoms with E-state index in [0.29, 0.717) is 19.3 Å². The molecule has 0 aliphatic carbocycles. The number of hydrogen-bond donors (Lipinski definition) is 8. The highest BCUT2D eigenvalue weighted by Gasteiger charge is 2.31. The highest BCUT2D eigenvalue weighted by Crippen LogP contribution is 2.09. The summed E-state index contributed by atoms with van der Waals surface area (Å²) in [7, 11) is 0. The van der Waals surface area contributed by atoms with E-state index in [1.807, 2.05) is 20.8 Å². The van der Waals surface area contributed by atoms with Gasteiger partial charge in [-0.2, -0.15) is 12.6 Å². The van der Waals surface area contributed by atoms with Gasteiger partial charge >= 0.3 is 5.97 Å². The summed E-state index contributed by atoms with van der Waals surface area (Å²) in [4.78, 5) is 53.5. The molecule has 0 aromatic rings. The zero-order chi connectivity index (χ0) is 26.4. The van der Waals surface area contributed by atoms with Crippen molar-refractivity contribution in [3.63, 3.8) is 0 Å². The molecule has 10 N–H and O–H groups in total. The van der Waals surface area contributed by atoms with Crippen LogP contribution in [0.15, 0.2) is 4.99 Å². The Bertz CT molecular complexity index is 716. The molecule has 0 aromatic heterocycles. The number of nitrogens with zero attached hydrogens (tertiary/aromatic N) is 1. The third kappa shape index (κ3) is 12.1. The number of thiol groups is 1. The summed E-state index contributed by atoms with van der Waals surface area (Å²) < 4.78 is 0. The number of carboxylic acids is 1. The van der Waals surface area contributed by atoms with Crippen LogP contribution in [0, 0.1) is 11.8 Å². The average molecular weight is 504 g/mol. The van der Waals surface area contributed by atoms with Gasteiger partial charge in [0.2, 0.25) is 17.7 Å². The third-order valence-corrected chi connectivity index (χ3v) is 5.60. The van der Waals surface area contributed by atoms with Gasteiger partial charge in [0.1, 0.15) is 18.1 Å². The van der Waals surface area contributed by atoms with Crippen LogP contribution in [0.4, 0.5) is 0 Å². The van der Waals surface area contributed by atoms with E-state index in [0.717, 1.165) is 0 Å². The Kier molecular flexibility index (Phi) is 14.9. The van der Waals surface area contributed by atoms with Crippen LogP contribution in [0.1, 0.15) is 53.4 Å². The molecule has 3 amide bonds. The number of guanidine groups is 1. The van der Waals surface area contributed by atoms with Crippen molar-refractivity contribution in [1.29, 1.82) is 0 Å². The summed E-state index contributed by atoms with van der Waals surface area (Å²) in [6.45, 7) is 7.60. The zero-order valence-electron chi connectivity index (χ0n) is 20.4. The molecule has 0 spiro atoms. The van der Waals surface area contributed by atoms with Crippen molar-refractivity contribution in [2.24, 2.45) is 34.0 Å². The van der Waals surface area contributed by atoms with Crippen molar-refractivity contribution < 1.29 is 24.3 Å². The molecule has 0 aliphatic heterocycles. The van der Waals surface area contributed by atoms with E-state index in [1.54, 1.807) is 6.92 Å². The number of aliphatic imine (C=N–C) groups is 1. The summed E-state index contributed by atoms with van der Waals surface area (Å²) in [5.74, 6) is -3.28.